The van der Waals surface area contributed by atoms with Gasteiger partial charge in [-0.05, 0) is 60.5 Å². The van der Waals surface area contributed by atoms with Crippen LogP contribution in [0.25, 0.3) is 0 Å². The first kappa shape index (κ1) is 32.2. The summed E-state index contributed by atoms with van der Waals surface area (Å²) in [5.74, 6) is -1.74. The van der Waals surface area contributed by atoms with Crippen LogP contribution >= 0.6 is 27.5 Å². The van der Waals surface area contributed by atoms with Gasteiger partial charge in [0.05, 0.1) is 15.6 Å². The molecule has 4 aromatic carbocycles. The van der Waals surface area contributed by atoms with Crippen LogP contribution in [0, 0.1) is 5.82 Å². The Bertz CT molecular complexity index is 1660. The highest BCUT2D eigenvalue weighted by molar-refractivity contribution is 9.10. The maximum atomic E-state index is 14.3. The second-order valence-electron chi connectivity index (χ2n) is 9.67. The molecule has 0 aliphatic rings. The molecule has 43 heavy (non-hydrogen) atoms. The van der Waals surface area contributed by atoms with Crippen LogP contribution in [0.3, 0.4) is 0 Å². The Morgan fingerprint density at radius 2 is 1.53 bits per heavy atom. The quantitative estimate of drug-likeness (QED) is 0.192. The highest BCUT2D eigenvalue weighted by atomic mass is 79.9. The van der Waals surface area contributed by atoms with Gasteiger partial charge in [0.15, 0.2) is 0 Å². The molecular formula is C32H30BrClFN3O4S. The van der Waals surface area contributed by atoms with Gasteiger partial charge in [-0.25, -0.2) is 12.8 Å². The Hall–Kier alpha value is -3.73. The molecule has 0 aromatic heterocycles. The molecule has 11 heteroatoms. The summed E-state index contributed by atoms with van der Waals surface area (Å²) in [5, 5.41) is 2.52. The molecule has 0 heterocycles. The van der Waals surface area contributed by atoms with Crippen molar-refractivity contribution < 1.29 is 22.4 Å². The largest absolute Gasteiger partial charge is 0.355 e. The predicted octanol–water partition coefficient (Wildman–Crippen LogP) is 6.21. The second-order valence-corrected chi connectivity index (χ2v) is 12.9. The standard InChI is InChI=1S/C32H30BrClFN3O4S/c1-2-36-32(40)30(19-23-9-5-3-6-10-23)37(21-24-13-15-25(33)16-14-24)31(39)22-38(26-17-18-29(35)28(34)20-26)43(41,42)27-11-7-4-8-12-27/h3-18,20,30H,2,19,21-22H2,1H3,(H,36,40). The first-order valence-electron chi connectivity index (χ1n) is 13.5. The molecular weight excluding hydrogens is 657 g/mol. The summed E-state index contributed by atoms with van der Waals surface area (Å²) in [5.41, 5.74) is 1.57. The van der Waals surface area contributed by atoms with Crippen molar-refractivity contribution in [3.63, 3.8) is 0 Å². The lowest BCUT2D eigenvalue weighted by Crippen LogP contribution is -2.53. The van der Waals surface area contributed by atoms with E-state index in [1.165, 1.54) is 23.1 Å². The number of carbonyl (C=O) groups is 2. The van der Waals surface area contributed by atoms with Gasteiger partial charge in [-0.3, -0.25) is 13.9 Å². The number of nitrogens with one attached hydrogen (secondary N) is 1. The van der Waals surface area contributed by atoms with Crippen LogP contribution < -0.4 is 9.62 Å². The second kappa shape index (κ2) is 14.6. The fraction of sp³-hybridized carbons (Fsp3) is 0.188. The third kappa shape index (κ3) is 8.22. The minimum atomic E-state index is -4.31. The maximum Gasteiger partial charge on any atom is 0.264 e. The van der Waals surface area contributed by atoms with E-state index in [4.69, 9.17) is 11.6 Å². The first-order chi connectivity index (χ1) is 20.6. The lowest BCUT2D eigenvalue weighted by Gasteiger charge is -2.34. The third-order valence-corrected chi connectivity index (χ3v) is 9.30. The molecule has 0 aliphatic heterocycles. The molecule has 4 rings (SSSR count). The van der Waals surface area contributed by atoms with Crippen molar-refractivity contribution >= 4 is 55.1 Å². The molecule has 0 saturated heterocycles. The molecule has 0 saturated carbocycles. The van der Waals surface area contributed by atoms with Crippen LogP contribution in [0.2, 0.25) is 5.02 Å². The zero-order chi connectivity index (χ0) is 31.0. The van der Waals surface area contributed by atoms with Crippen LogP contribution in [0.5, 0.6) is 0 Å². The highest BCUT2D eigenvalue weighted by Gasteiger charge is 2.34. The molecule has 0 radical (unpaired) electrons. The number of likely N-dealkylation sites (N-methyl/N-ethyl adjacent to an activating group) is 1. The summed E-state index contributed by atoms with van der Waals surface area (Å²) < 4.78 is 43.7. The van der Waals surface area contributed by atoms with Crippen LogP contribution in [0.1, 0.15) is 18.1 Å². The molecule has 224 valence electrons. The van der Waals surface area contributed by atoms with E-state index in [9.17, 15) is 22.4 Å². The van der Waals surface area contributed by atoms with Crippen LogP contribution in [-0.2, 0) is 32.6 Å². The number of nitrogens with zero attached hydrogens (tertiary/aromatic N) is 2. The fourth-order valence-electron chi connectivity index (χ4n) is 4.52. The molecule has 0 spiro atoms. The Kier molecular flexibility index (Phi) is 11.0. The van der Waals surface area contributed by atoms with E-state index in [1.807, 2.05) is 54.6 Å². The number of amides is 2. The van der Waals surface area contributed by atoms with Crippen molar-refractivity contribution in [3.05, 3.63) is 130 Å². The topological polar surface area (TPSA) is 86.8 Å². The molecule has 0 aliphatic carbocycles. The normalized spacial score (nSPS) is 11.9. The minimum absolute atomic E-state index is 0.00446. The van der Waals surface area contributed by atoms with Gasteiger partial charge in [0.1, 0.15) is 18.4 Å². The zero-order valence-corrected chi connectivity index (χ0v) is 26.4. The lowest BCUT2D eigenvalue weighted by molar-refractivity contribution is -0.140. The lowest BCUT2D eigenvalue weighted by atomic mass is 10.0. The molecule has 1 N–H and O–H groups in total. The van der Waals surface area contributed by atoms with Crippen molar-refractivity contribution in [3.8, 4) is 0 Å². The van der Waals surface area contributed by atoms with Gasteiger partial charge in [-0.15, -0.1) is 0 Å². The number of carbonyl (C=O) groups excluding carboxylic acids is 2. The number of hydrogen-bond donors (Lipinski definition) is 1. The Morgan fingerprint density at radius 3 is 2.14 bits per heavy atom. The van der Waals surface area contributed by atoms with Crippen LogP contribution in [0.4, 0.5) is 10.1 Å². The summed E-state index contributed by atoms with van der Waals surface area (Å²) in [6.07, 6.45) is 0.197. The van der Waals surface area contributed by atoms with E-state index >= 15 is 0 Å². The van der Waals surface area contributed by atoms with Gasteiger partial charge in [0.25, 0.3) is 10.0 Å². The molecule has 1 unspecified atom stereocenters. The van der Waals surface area contributed by atoms with Crippen molar-refractivity contribution in [1.29, 1.82) is 0 Å². The van der Waals surface area contributed by atoms with Crippen molar-refractivity contribution in [2.45, 2.75) is 30.8 Å². The monoisotopic (exact) mass is 685 g/mol. The summed E-state index contributed by atoms with van der Waals surface area (Å²) >= 11 is 9.46. The van der Waals surface area contributed by atoms with Gasteiger partial charge >= 0.3 is 0 Å². The number of sulfonamides is 1. The Labute approximate surface area is 264 Å². The highest BCUT2D eigenvalue weighted by Crippen LogP contribution is 2.28. The summed E-state index contributed by atoms with van der Waals surface area (Å²) in [6, 6.07) is 26.7. The summed E-state index contributed by atoms with van der Waals surface area (Å²) in [7, 11) is -4.31. The predicted molar refractivity (Wildman–Crippen MR) is 170 cm³/mol. The van der Waals surface area contributed by atoms with Gasteiger partial charge < -0.3 is 10.2 Å². The first-order valence-corrected chi connectivity index (χ1v) is 16.1. The van der Waals surface area contributed by atoms with Gasteiger partial charge in [-0.1, -0.05) is 88.2 Å². The number of halogens is 3. The SMILES string of the molecule is CCNC(=O)C(Cc1ccccc1)N(Cc1ccc(Br)cc1)C(=O)CN(c1ccc(F)c(Cl)c1)S(=O)(=O)c1ccccc1. The molecule has 1 atom stereocenters. The average Bonchev–Trinajstić information content (AvgIpc) is 3.01. The van der Waals surface area contributed by atoms with E-state index in [-0.39, 0.29) is 34.5 Å². The number of benzene rings is 4. The number of anilines is 1. The van der Waals surface area contributed by atoms with E-state index in [1.54, 1.807) is 25.1 Å². The molecule has 4 aromatic rings. The van der Waals surface area contributed by atoms with Gasteiger partial charge in [-0.2, -0.15) is 0 Å². The number of hydrogen-bond acceptors (Lipinski definition) is 4. The molecule has 7 nitrogen and oxygen atoms in total. The van der Waals surface area contributed by atoms with Crippen LogP contribution in [0.15, 0.2) is 112 Å². The van der Waals surface area contributed by atoms with Gasteiger partial charge in [0.2, 0.25) is 11.8 Å². The minimum Gasteiger partial charge on any atom is -0.355 e. The molecule has 0 bridgehead atoms. The summed E-state index contributed by atoms with van der Waals surface area (Å²) in [6.45, 7) is 1.49. The maximum absolute atomic E-state index is 14.3. The van der Waals surface area contributed by atoms with Crippen molar-refractivity contribution in [1.82, 2.24) is 10.2 Å². The van der Waals surface area contributed by atoms with E-state index in [0.29, 0.717) is 6.54 Å². The van der Waals surface area contributed by atoms with E-state index < -0.39 is 34.3 Å². The average molecular weight is 687 g/mol. The Balaban J connectivity index is 1.80. The smallest absolute Gasteiger partial charge is 0.264 e. The fourth-order valence-corrected chi connectivity index (χ4v) is 6.39. The zero-order valence-electron chi connectivity index (χ0n) is 23.3. The molecule has 2 amide bonds. The van der Waals surface area contributed by atoms with E-state index in [0.717, 1.165) is 32.0 Å². The van der Waals surface area contributed by atoms with Crippen molar-refractivity contribution in [2.24, 2.45) is 0 Å². The van der Waals surface area contributed by atoms with Gasteiger partial charge in [0, 0.05) is 24.0 Å². The van der Waals surface area contributed by atoms with Crippen molar-refractivity contribution in [2.75, 3.05) is 17.4 Å². The third-order valence-electron chi connectivity index (χ3n) is 6.69. The molecule has 0 fully saturated rings. The van der Waals surface area contributed by atoms with E-state index in [2.05, 4.69) is 21.2 Å². The summed E-state index contributed by atoms with van der Waals surface area (Å²) in [4.78, 5) is 29.1. The van der Waals surface area contributed by atoms with Crippen LogP contribution in [-0.4, -0.2) is 44.3 Å². The Morgan fingerprint density at radius 1 is 0.907 bits per heavy atom. The number of rotatable bonds is 12.